The van der Waals surface area contributed by atoms with E-state index in [0.717, 1.165) is 84.6 Å². The first-order chi connectivity index (χ1) is 38.8. The molecule has 1 atom stereocenters. The third-order valence-corrected chi connectivity index (χ3v) is 17.1. The molecule has 0 radical (unpaired) electrons. The van der Waals surface area contributed by atoms with E-state index in [0.29, 0.717) is 17.8 Å². The van der Waals surface area contributed by atoms with Gasteiger partial charge in [0.1, 0.15) is 11.3 Å². The van der Waals surface area contributed by atoms with Crippen LogP contribution in [0.15, 0.2) is 233 Å². The minimum atomic E-state index is 0.325. The fourth-order valence-corrected chi connectivity index (χ4v) is 13.3. The van der Waals surface area contributed by atoms with Gasteiger partial charge in [-0.05, 0) is 154 Å². The topological polar surface area (TPSA) is 37.2 Å². The summed E-state index contributed by atoms with van der Waals surface area (Å²) in [5, 5.41) is 13.1. The van der Waals surface area contributed by atoms with Crippen molar-refractivity contribution in [3.8, 4) is 11.1 Å². The van der Waals surface area contributed by atoms with Gasteiger partial charge in [-0.2, -0.15) is 0 Å². The van der Waals surface area contributed by atoms with Gasteiger partial charge in [-0.25, -0.2) is 0 Å². The molecule has 4 aromatic heterocycles. The van der Waals surface area contributed by atoms with E-state index in [1.807, 2.05) is 0 Å². The SMILES string of the molecule is CC(C)c1cccc2c1oc1c(N(c3ccccc3)c3ccc4cc5c6cc(-c7ccccc7)cc7c8cc9ccc(N(c%10ccccc%10)c%10cccc%11c%12c(oc%10%11)C(C(C)C)CC=C%12)cc9cc8n(c5cc4c3)c76)cccc12. The van der Waals surface area contributed by atoms with Crippen LogP contribution in [-0.2, 0) is 0 Å². The molecule has 1 aliphatic rings. The minimum Gasteiger partial charge on any atom is -0.458 e. The molecule has 1 aliphatic carbocycles. The number of nitrogens with zero attached hydrogens (tertiary/aromatic N) is 3. The van der Waals surface area contributed by atoms with Crippen LogP contribution < -0.4 is 9.80 Å². The highest BCUT2D eigenvalue weighted by molar-refractivity contribution is 6.27. The van der Waals surface area contributed by atoms with Gasteiger partial charge < -0.3 is 23.0 Å². The van der Waals surface area contributed by atoms with Gasteiger partial charge in [0.2, 0.25) is 0 Å². The Morgan fingerprint density at radius 2 is 0.949 bits per heavy atom. The molecule has 5 heteroatoms. The van der Waals surface area contributed by atoms with Crippen LogP contribution >= 0.6 is 0 Å². The highest BCUT2D eigenvalue weighted by Crippen LogP contribution is 2.50. The quantitative estimate of drug-likeness (QED) is 0.144. The number of hydrogen-bond acceptors (Lipinski definition) is 4. The Morgan fingerprint density at radius 1 is 0.418 bits per heavy atom. The van der Waals surface area contributed by atoms with Crippen LogP contribution in [0.5, 0.6) is 0 Å². The number of fused-ring (bicyclic) bond motifs is 14. The fourth-order valence-electron chi connectivity index (χ4n) is 13.3. The van der Waals surface area contributed by atoms with Crippen molar-refractivity contribution < 1.29 is 8.83 Å². The molecule has 0 N–H and O–H groups in total. The van der Waals surface area contributed by atoms with Gasteiger partial charge in [-0.15, -0.1) is 0 Å². The molecule has 79 heavy (non-hydrogen) atoms. The third-order valence-electron chi connectivity index (χ3n) is 17.1. The lowest BCUT2D eigenvalue weighted by atomic mass is 9.84. The molecule has 16 rings (SSSR count). The predicted molar refractivity (Wildman–Crippen MR) is 333 cm³/mol. The van der Waals surface area contributed by atoms with Crippen LogP contribution in [-0.4, -0.2) is 4.40 Å². The van der Waals surface area contributed by atoms with E-state index in [2.05, 4.69) is 272 Å². The van der Waals surface area contributed by atoms with Gasteiger partial charge in [0.05, 0.1) is 27.9 Å². The second-order valence-corrected chi connectivity index (χ2v) is 22.4. The zero-order valence-corrected chi connectivity index (χ0v) is 44.5. The van der Waals surface area contributed by atoms with Crippen molar-refractivity contribution in [2.45, 2.75) is 46.0 Å². The first kappa shape index (κ1) is 45.6. The second-order valence-electron chi connectivity index (χ2n) is 22.4. The van der Waals surface area contributed by atoms with Crippen LogP contribution in [0.1, 0.15) is 62.8 Å². The van der Waals surface area contributed by atoms with Crippen molar-refractivity contribution in [1.29, 1.82) is 0 Å². The average molecular weight is 1020 g/mol. The zero-order chi connectivity index (χ0) is 52.6. The van der Waals surface area contributed by atoms with Gasteiger partial charge in [-0.3, -0.25) is 0 Å². The van der Waals surface area contributed by atoms with Crippen LogP contribution in [0, 0.1) is 5.92 Å². The molecule has 15 aromatic rings. The van der Waals surface area contributed by atoms with Gasteiger partial charge >= 0.3 is 0 Å². The van der Waals surface area contributed by atoms with E-state index >= 15 is 0 Å². The molecule has 4 heterocycles. The van der Waals surface area contributed by atoms with Gasteiger partial charge in [0.15, 0.2) is 11.2 Å². The number of benzene rings is 11. The van der Waals surface area contributed by atoms with Gasteiger partial charge in [0.25, 0.3) is 0 Å². The maximum atomic E-state index is 7.04. The molecule has 0 saturated heterocycles. The van der Waals surface area contributed by atoms with Crippen molar-refractivity contribution in [2.75, 3.05) is 9.80 Å². The highest BCUT2D eigenvalue weighted by atomic mass is 16.3. The Bertz CT molecular complexity index is 4940. The lowest BCUT2D eigenvalue weighted by molar-refractivity contribution is 0.408. The summed E-state index contributed by atoms with van der Waals surface area (Å²) in [4.78, 5) is 4.74. The highest BCUT2D eigenvalue weighted by Gasteiger charge is 2.29. The summed E-state index contributed by atoms with van der Waals surface area (Å²) >= 11 is 0. The van der Waals surface area contributed by atoms with E-state index in [-0.39, 0.29) is 0 Å². The number of aromatic nitrogens is 1. The summed E-state index contributed by atoms with van der Waals surface area (Å²) in [6.07, 6.45) is 5.58. The smallest absolute Gasteiger partial charge is 0.159 e. The lowest BCUT2D eigenvalue weighted by Gasteiger charge is -2.26. The molecule has 0 bridgehead atoms. The number of para-hydroxylation sites is 5. The molecule has 0 aliphatic heterocycles. The summed E-state index contributed by atoms with van der Waals surface area (Å²) in [7, 11) is 0. The summed E-state index contributed by atoms with van der Waals surface area (Å²) < 4.78 is 16.6. The van der Waals surface area contributed by atoms with Crippen molar-refractivity contribution in [2.24, 2.45) is 5.92 Å². The molecule has 0 fully saturated rings. The standard InChI is InChI=1S/C74H55N3O2/c1-44(2)56-24-14-26-58-60-28-16-30-66(73(60)78-71(56)58)75(52-20-10-6-11-21-52)54-34-32-47-38-62-64-40-51(46-18-8-5-9-19-46)41-65-63-39-48-33-35-55(37-50(48)43-69(63)77(70(64)65)68(62)42-49(47)36-54)76(53-22-12-7-13-23-53)67-31-17-29-61-59-27-15-25-57(45(3)4)72(59)79-74(61)67/h5-24,26-45,57H,25H2,1-4H3. The number of anilines is 6. The first-order valence-electron chi connectivity index (χ1n) is 27.9. The molecule has 1 unspecified atom stereocenters. The Labute approximate surface area is 457 Å². The molecular weight excluding hydrogens is 963 g/mol. The monoisotopic (exact) mass is 1020 g/mol. The Balaban J connectivity index is 0.914. The third kappa shape index (κ3) is 6.95. The maximum Gasteiger partial charge on any atom is 0.159 e. The largest absolute Gasteiger partial charge is 0.458 e. The Kier molecular flexibility index (Phi) is 10.1. The molecule has 5 nitrogen and oxygen atoms in total. The van der Waals surface area contributed by atoms with Crippen molar-refractivity contribution >= 4 is 133 Å². The maximum absolute atomic E-state index is 7.04. The van der Waals surface area contributed by atoms with Crippen LogP contribution in [0.4, 0.5) is 34.1 Å². The Hall–Kier alpha value is -9.58. The second kappa shape index (κ2) is 17.5. The number of rotatable bonds is 9. The van der Waals surface area contributed by atoms with Crippen LogP contribution in [0.3, 0.4) is 0 Å². The number of allylic oxidation sites excluding steroid dienone is 1. The summed E-state index contributed by atoms with van der Waals surface area (Å²) in [6, 6.07) is 80.4. The zero-order valence-electron chi connectivity index (χ0n) is 44.5. The molecule has 378 valence electrons. The number of furan rings is 2. The van der Waals surface area contributed by atoms with E-state index in [9.17, 15) is 0 Å². The molecule has 0 spiro atoms. The van der Waals surface area contributed by atoms with E-state index in [1.54, 1.807) is 0 Å². The molecule has 0 amide bonds. The minimum absolute atomic E-state index is 0.325. The van der Waals surface area contributed by atoms with Gasteiger partial charge in [0, 0.05) is 71.9 Å². The predicted octanol–water partition coefficient (Wildman–Crippen LogP) is 21.7. The number of hydrogen-bond donors (Lipinski definition) is 0. The van der Waals surface area contributed by atoms with Crippen molar-refractivity contribution in [3.63, 3.8) is 0 Å². The first-order valence-corrected chi connectivity index (χ1v) is 27.9. The normalized spacial score (nSPS) is 13.8. The average Bonchev–Trinajstić information content (AvgIpc) is 4.44. The van der Waals surface area contributed by atoms with Crippen molar-refractivity contribution in [1.82, 2.24) is 4.40 Å². The van der Waals surface area contributed by atoms with Crippen molar-refractivity contribution in [3.05, 3.63) is 241 Å². The van der Waals surface area contributed by atoms with E-state index in [4.69, 9.17) is 8.83 Å². The van der Waals surface area contributed by atoms with Crippen LogP contribution in [0.2, 0.25) is 0 Å². The van der Waals surface area contributed by atoms with Gasteiger partial charge in [-0.1, -0.05) is 161 Å². The molecule has 11 aromatic carbocycles. The molecule has 0 saturated carbocycles. The Morgan fingerprint density at radius 3 is 1.52 bits per heavy atom. The molecular formula is C74H55N3O2. The van der Waals surface area contributed by atoms with E-state index in [1.165, 1.54) is 76.5 Å². The van der Waals surface area contributed by atoms with Crippen LogP contribution in [0.25, 0.3) is 110 Å². The fraction of sp³-hybridized carbons (Fsp3) is 0.108. The summed E-state index contributed by atoms with van der Waals surface area (Å²) in [5.41, 5.74) is 17.5. The summed E-state index contributed by atoms with van der Waals surface area (Å²) in [5.74, 6) is 2.22. The lowest BCUT2D eigenvalue weighted by Crippen LogP contribution is -2.10. The summed E-state index contributed by atoms with van der Waals surface area (Å²) in [6.45, 7) is 9.08. The van der Waals surface area contributed by atoms with E-state index < -0.39 is 0 Å².